The molecule has 3 aromatic carbocycles. The fourth-order valence-corrected chi connectivity index (χ4v) is 4.69. The summed E-state index contributed by atoms with van der Waals surface area (Å²) in [5.74, 6) is -0.0626. The van der Waals surface area contributed by atoms with E-state index in [0.29, 0.717) is 17.2 Å². The Balaban J connectivity index is 1.65. The van der Waals surface area contributed by atoms with Crippen molar-refractivity contribution in [3.8, 4) is 0 Å². The molecule has 0 radical (unpaired) electrons. The number of thiazole rings is 1. The van der Waals surface area contributed by atoms with Crippen LogP contribution in [0, 0.1) is 6.92 Å². The van der Waals surface area contributed by atoms with Gasteiger partial charge in [0.25, 0.3) is 5.91 Å². The minimum atomic E-state index is -0.0626. The van der Waals surface area contributed by atoms with Crippen LogP contribution in [-0.2, 0) is 6.54 Å². The Morgan fingerprint density at radius 3 is 2.63 bits per heavy atom. The third-order valence-corrected chi connectivity index (χ3v) is 6.21. The minimum Gasteiger partial charge on any atom is -0.279 e. The van der Waals surface area contributed by atoms with Crippen molar-refractivity contribution < 1.29 is 4.79 Å². The lowest BCUT2D eigenvalue weighted by atomic mass is 10.0. The van der Waals surface area contributed by atoms with Gasteiger partial charge in [0.05, 0.1) is 16.8 Å². The molecule has 2 heterocycles. The van der Waals surface area contributed by atoms with Gasteiger partial charge in [-0.2, -0.15) is 0 Å². The van der Waals surface area contributed by atoms with Crippen molar-refractivity contribution in [2.45, 2.75) is 13.5 Å². The number of pyridine rings is 1. The molecule has 0 spiro atoms. The summed E-state index contributed by atoms with van der Waals surface area (Å²) in [4.78, 5) is 24.6. The third kappa shape index (κ3) is 3.33. The van der Waals surface area contributed by atoms with Crippen molar-refractivity contribution in [2.75, 3.05) is 4.90 Å². The van der Waals surface area contributed by atoms with E-state index in [4.69, 9.17) is 4.98 Å². The first-order valence-corrected chi connectivity index (χ1v) is 10.6. The number of carbonyl (C=O) groups excluding carboxylic acids is 1. The summed E-state index contributed by atoms with van der Waals surface area (Å²) in [5.41, 5.74) is 3.68. The van der Waals surface area contributed by atoms with Crippen molar-refractivity contribution in [3.05, 3.63) is 102 Å². The van der Waals surface area contributed by atoms with Crippen LogP contribution >= 0.6 is 11.3 Å². The first kappa shape index (κ1) is 18.5. The molecule has 0 fully saturated rings. The van der Waals surface area contributed by atoms with Gasteiger partial charge in [0, 0.05) is 18.0 Å². The Hall–Kier alpha value is -3.57. The molecule has 1 amide bonds. The molecule has 2 aromatic heterocycles. The minimum absolute atomic E-state index is 0.0626. The van der Waals surface area contributed by atoms with Gasteiger partial charge in [0.15, 0.2) is 5.13 Å². The molecule has 5 rings (SSSR count). The standard InChI is InChI=1S/C25H19N3OS/c1-17-7-4-13-22-23(17)27-25(30-22)28(16-18-8-6-14-26-15-18)24(29)21-12-5-10-19-9-2-3-11-20(19)21/h2-15H,16H2,1H3. The molecule has 0 atom stereocenters. The summed E-state index contributed by atoms with van der Waals surface area (Å²) in [6, 6.07) is 23.8. The number of benzene rings is 3. The zero-order valence-corrected chi connectivity index (χ0v) is 17.3. The number of fused-ring (bicyclic) bond motifs is 2. The molecule has 146 valence electrons. The van der Waals surface area contributed by atoms with Gasteiger partial charge >= 0.3 is 0 Å². The maximum atomic E-state index is 13.8. The van der Waals surface area contributed by atoms with E-state index < -0.39 is 0 Å². The average molecular weight is 410 g/mol. The lowest BCUT2D eigenvalue weighted by Gasteiger charge is -2.21. The SMILES string of the molecule is Cc1cccc2sc(N(Cc3cccnc3)C(=O)c3cccc4ccccc34)nc12. The van der Waals surface area contributed by atoms with Crippen LogP contribution in [0.15, 0.2) is 85.2 Å². The molecule has 0 unspecified atom stereocenters. The maximum absolute atomic E-state index is 13.8. The number of aromatic nitrogens is 2. The predicted molar refractivity (Wildman–Crippen MR) is 123 cm³/mol. The number of hydrogen-bond acceptors (Lipinski definition) is 4. The van der Waals surface area contributed by atoms with E-state index in [1.807, 2.05) is 79.7 Å². The van der Waals surface area contributed by atoms with E-state index in [0.717, 1.165) is 32.1 Å². The van der Waals surface area contributed by atoms with E-state index in [9.17, 15) is 4.79 Å². The first-order valence-electron chi connectivity index (χ1n) is 9.75. The molecule has 5 aromatic rings. The molecule has 0 saturated heterocycles. The van der Waals surface area contributed by atoms with Gasteiger partial charge < -0.3 is 0 Å². The third-order valence-electron chi connectivity index (χ3n) is 5.17. The van der Waals surface area contributed by atoms with Crippen LogP contribution in [0.2, 0.25) is 0 Å². The normalized spacial score (nSPS) is 11.1. The second-order valence-corrected chi connectivity index (χ2v) is 8.21. The molecular weight excluding hydrogens is 390 g/mol. The highest BCUT2D eigenvalue weighted by Gasteiger charge is 2.23. The Kier molecular flexibility index (Phi) is 4.73. The zero-order valence-electron chi connectivity index (χ0n) is 16.4. The van der Waals surface area contributed by atoms with Crippen molar-refractivity contribution in [1.29, 1.82) is 0 Å². The van der Waals surface area contributed by atoms with Gasteiger partial charge in [0.1, 0.15) is 0 Å². The van der Waals surface area contributed by atoms with Gasteiger partial charge in [-0.05, 0) is 47.0 Å². The molecule has 5 heteroatoms. The Bertz CT molecular complexity index is 1360. The molecular formula is C25H19N3OS. The van der Waals surface area contributed by atoms with Crippen LogP contribution < -0.4 is 4.90 Å². The fourth-order valence-electron chi connectivity index (χ4n) is 3.65. The van der Waals surface area contributed by atoms with Crippen LogP contribution in [0.1, 0.15) is 21.5 Å². The van der Waals surface area contributed by atoms with Gasteiger partial charge in [-0.3, -0.25) is 14.7 Å². The van der Waals surface area contributed by atoms with Gasteiger partial charge in [-0.1, -0.05) is 65.9 Å². The monoisotopic (exact) mass is 409 g/mol. The molecule has 30 heavy (non-hydrogen) atoms. The Morgan fingerprint density at radius 1 is 0.967 bits per heavy atom. The van der Waals surface area contributed by atoms with E-state index >= 15 is 0 Å². The summed E-state index contributed by atoms with van der Waals surface area (Å²) in [6.07, 6.45) is 3.53. The summed E-state index contributed by atoms with van der Waals surface area (Å²) in [6.45, 7) is 2.46. The number of nitrogens with zero attached hydrogens (tertiary/aromatic N) is 3. The quantitative estimate of drug-likeness (QED) is 0.366. The van der Waals surface area contributed by atoms with E-state index in [2.05, 4.69) is 4.98 Å². The molecule has 0 bridgehead atoms. The lowest BCUT2D eigenvalue weighted by molar-refractivity contribution is 0.0986. The first-order chi connectivity index (χ1) is 14.7. The van der Waals surface area contributed by atoms with E-state index in [1.165, 1.54) is 0 Å². The highest BCUT2D eigenvalue weighted by Crippen LogP contribution is 2.33. The number of amides is 1. The molecule has 4 nitrogen and oxygen atoms in total. The number of anilines is 1. The number of rotatable bonds is 4. The molecule has 0 aliphatic carbocycles. The van der Waals surface area contributed by atoms with Crippen LogP contribution in [0.5, 0.6) is 0 Å². The second-order valence-electron chi connectivity index (χ2n) is 7.20. The van der Waals surface area contributed by atoms with Crippen LogP contribution in [-0.4, -0.2) is 15.9 Å². The number of carbonyl (C=O) groups is 1. The molecule has 0 saturated carbocycles. The van der Waals surface area contributed by atoms with Crippen molar-refractivity contribution >= 4 is 43.4 Å². The van der Waals surface area contributed by atoms with Crippen molar-refractivity contribution in [2.24, 2.45) is 0 Å². The lowest BCUT2D eigenvalue weighted by Crippen LogP contribution is -2.30. The highest BCUT2D eigenvalue weighted by molar-refractivity contribution is 7.22. The van der Waals surface area contributed by atoms with Gasteiger partial charge in [0.2, 0.25) is 0 Å². The van der Waals surface area contributed by atoms with Crippen LogP contribution in [0.3, 0.4) is 0 Å². The fraction of sp³-hybridized carbons (Fsp3) is 0.0800. The van der Waals surface area contributed by atoms with Gasteiger partial charge in [-0.25, -0.2) is 4.98 Å². The highest BCUT2D eigenvalue weighted by atomic mass is 32.1. The van der Waals surface area contributed by atoms with Crippen molar-refractivity contribution in [3.63, 3.8) is 0 Å². The zero-order chi connectivity index (χ0) is 20.5. The number of aryl methyl sites for hydroxylation is 1. The summed E-state index contributed by atoms with van der Waals surface area (Å²) in [5, 5.41) is 2.68. The Morgan fingerprint density at radius 2 is 1.80 bits per heavy atom. The summed E-state index contributed by atoms with van der Waals surface area (Å²) < 4.78 is 1.08. The number of hydrogen-bond donors (Lipinski definition) is 0. The molecule has 0 N–H and O–H groups in total. The predicted octanol–water partition coefficient (Wildman–Crippen LogP) is 6.00. The topological polar surface area (TPSA) is 46.1 Å². The molecule has 0 aliphatic rings. The van der Waals surface area contributed by atoms with E-state index in [1.54, 1.807) is 28.6 Å². The number of para-hydroxylation sites is 1. The maximum Gasteiger partial charge on any atom is 0.261 e. The van der Waals surface area contributed by atoms with Crippen LogP contribution in [0.25, 0.3) is 21.0 Å². The summed E-state index contributed by atoms with van der Waals surface area (Å²) in [7, 11) is 0. The second kappa shape index (κ2) is 7.69. The molecule has 0 aliphatic heterocycles. The van der Waals surface area contributed by atoms with E-state index in [-0.39, 0.29) is 5.91 Å². The van der Waals surface area contributed by atoms with Crippen LogP contribution in [0.4, 0.5) is 5.13 Å². The average Bonchev–Trinajstić information content (AvgIpc) is 3.23. The smallest absolute Gasteiger partial charge is 0.261 e. The van der Waals surface area contributed by atoms with Gasteiger partial charge in [-0.15, -0.1) is 0 Å². The van der Waals surface area contributed by atoms with Crippen molar-refractivity contribution in [1.82, 2.24) is 9.97 Å². The Labute approximate surface area is 178 Å². The largest absolute Gasteiger partial charge is 0.279 e. The summed E-state index contributed by atoms with van der Waals surface area (Å²) >= 11 is 1.54.